The van der Waals surface area contributed by atoms with Crippen LogP contribution < -0.4 is 16.6 Å². The number of carbonyl (C=O) groups is 1. The lowest BCUT2D eigenvalue weighted by molar-refractivity contribution is -0.119. The summed E-state index contributed by atoms with van der Waals surface area (Å²) in [5.74, 6) is -0.221. The second-order valence-electron chi connectivity index (χ2n) is 2.52. The molecule has 1 aromatic rings. The Morgan fingerprint density at radius 1 is 1.46 bits per heavy atom. The van der Waals surface area contributed by atoms with Crippen LogP contribution in [0.3, 0.4) is 0 Å². The van der Waals surface area contributed by atoms with Crippen molar-refractivity contribution in [3.8, 4) is 0 Å². The standard InChI is InChI=1S/C7H9N3O3/c1-4(11)8-3-5-2-6(12)10-7(13)9-5/h2H,3H2,1H3,(H,8,11)(H2,9,10,12,13). The van der Waals surface area contributed by atoms with E-state index in [9.17, 15) is 14.4 Å². The van der Waals surface area contributed by atoms with Gasteiger partial charge in [0.2, 0.25) is 5.91 Å². The van der Waals surface area contributed by atoms with Crippen LogP contribution in [-0.2, 0) is 11.3 Å². The number of aromatic amines is 2. The topological polar surface area (TPSA) is 94.8 Å². The molecule has 6 heteroatoms. The van der Waals surface area contributed by atoms with E-state index in [0.717, 1.165) is 0 Å². The summed E-state index contributed by atoms with van der Waals surface area (Å²) < 4.78 is 0. The monoisotopic (exact) mass is 183 g/mol. The fourth-order valence-corrected chi connectivity index (χ4v) is 0.834. The van der Waals surface area contributed by atoms with Crippen molar-refractivity contribution in [1.82, 2.24) is 15.3 Å². The highest BCUT2D eigenvalue weighted by Gasteiger charge is 1.96. The summed E-state index contributed by atoms with van der Waals surface area (Å²) in [6.07, 6.45) is 0. The minimum Gasteiger partial charge on any atom is -0.351 e. The van der Waals surface area contributed by atoms with Gasteiger partial charge in [-0.05, 0) is 0 Å². The molecule has 6 nitrogen and oxygen atoms in total. The number of hydrogen-bond acceptors (Lipinski definition) is 3. The van der Waals surface area contributed by atoms with Gasteiger partial charge in [-0.2, -0.15) is 0 Å². The van der Waals surface area contributed by atoms with Crippen molar-refractivity contribution in [3.05, 3.63) is 32.6 Å². The van der Waals surface area contributed by atoms with Crippen LogP contribution in [0.2, 0.25) is 0 Å². The molecule has 3 N–H and O–H groups in total. The molecule has 0 unspecified atom stereocenters. The lowest BCUT2D eigenvalue weighted by atomic mass is 10.4. The smallest absolute Gasteiger partial charge is 0.325 e. The number of hydrogen-bond donors (Lipinski definition) is 3. The van der Waals surface area contributed by atoms with Gasteiger partial charge in [-0.1, -0.05) is 0 Å². The van der Waals surface area contributed by atoms with Gasteiger partial charge in [0.25, 0.3) is 5.56 Å². The van der Waals surface area contributed by atoms with Crippen molar-refractivity contribution in [2.24, 2.45) is 0 Å². The molecule has 0 aliphatic heterocycles. The predicted octanol–water partition coefficient (Wildman–Crippen LogP) is -1.30. The number of rotatable bonds is 2. The molecule has 0 saturated carbocycles. The fraction of sp³-hybridized carbons (Fsp3) is 0.286. The van der Waals surface area contributed by atoms with Gasteiger partial charge in [0, 0.05) is 18.7 Å². The summed E-state index contributed by atoms with van der Waals surface area (Å²) in [5, 5.41) is 2.45. The average molecular weight is 183 g/mol. The maximum Gasteiger partial charge on any atom is 0.325 e. The van der Waals surface area contributed by atoms with Crippen LogP contribution in [0.1, 0.15) is 12.6 Å². The van der Waals surface area contributed by atoms with Gasteiger partial charge in [0.1, 0.15) is 0 Å². The first kappa shape index (κ1) is 9.24. The Bertz CT molecular complexity index is 389. The van der Waals surface area contributed by atoms with E-state index in [2.05, 4.69) is 10.3 Å². The molecule has 1 aromatic heterocycles. The summed E-state index contributed by atoms with van der Waals surface area (Å²) in [6, 6.07) is 1.22. The summed E-state index contributed by atoms with van der Waals surface area (Å²) in [5.41, 5.74) is -0.680. The van der Waals surface area contributed by atoms with E-state index in [1.165, 1.54) is 13.0 Å². The molecular formula is C7H9N3O3. The van der Waals surface area contributed by atoms with Gasteiger partial charge < -0.3 is 10.3 Å². The third-order valence-corrected chi connectivity index (χ3v) is 1.34. The van der Waals surface area contributed by atoms with Crippen LogP contribution in [-0.4, -0.2) is 15.9 Å². The minimum atomic E-state index is -0.576. The van der Waals surface area contributed by atoms with E-state index in [1.54, 1.807) is 0 Å². The number of H-pyrrole nitrogens is 2. The lowest BCUT2D eigenvalue weighted by Crippen LogP contribution is -2.27. The zero-order valence-corrected chi connectivity index (χ0v) is 7.01. The van der Waals surface area contributed by atoms with Crippen molar-refractivity contribution in [1.29, 1.82) is 0 Å². The molecule has 0 saturated heterocycles. The Morgan fingerprint density at radius 2 is 2.15 bits per heavy atom. The van der Waals surface area contributed by atoms with Crippen molar-refractivity contribution in [2.45, 2.75) is 13.5 Å². The predicted molar refractivity (Wildman–Crippen MR) is 45.2 cm³/mol. The van der Waals surface area contributed by atoms with Crippen molar-refractivity contribution in [2.75, 3.05) is 0 Å². The first-order chi connectivity index (χ1) is 6.08. The molecule has 0 aliphatic rings. The molecule has 0 radical (unpaired) electrons. The molecule has 0 aliphatic carbocycles. The Hall–Kier alpha value is -1.85. The van der Waals surface area contributed by atoms with Crippen molar-refractivity contribution >= 4 is 5.91 Å². The fourth-order valence-electron chi connectivity index (χ4n) is 0.834. The van der Waals surface area contributed by atoms with Crippen LogP contribution in [0, 0.1) is 0 Å². The number of nitrogens with one attached hydrogen (secondary N) is 3. The molecule has 0 aromatic carbocycles. The quantitative estimate of drug-likeness (QED) is 0.531. The molecule has 1 heterocycles. The van der Waals surface area contributed by atoms with Gasteiger partial charge >= 0.3 is 5.69 Å². The third kappa shape index (κ3) is 2.94. The number of carbonyl (C=O) groups excluding carboxylic acids is 1. The van der Waals surface area contributed by atoms with E-state index >= 15 is 0 Å². The highest BCUT2D eigenvalue weighted by Crippen LogP contribution is 1.82. The Morgan fingerprint density at radius 3 is 2.69 bits per heavy atom. The van der Waals surface area contributed by atoms with Crippen LogP contribution >= 0.6 is 0 Å². The highest BCUT2D eigenvalue weighted by atomic mass is 16.2. The molecule has 13 heavy (non-hydrogen) atoms. The van der Waals surface area contributed by atoms with Crippen LogP contribution in [0.15, 0.2) is 15.7 Å². The van der Waals surface area contributed by atoms with E-state index in [4.69, 9.17) is 0 Å². The maximum atomic E-state index is 10.8. The van der Waals surface area contributed by atoms with Gasteiger partial charge in [-0.15, -0.1) is 0 Å². The van der Waals surface area contributed by atoms with Gasteiger partial charge in [0.05, 0.1) is 6.54 Å². The zero-order valence-electron chi connectivity index (χ0n) is 7.01. The third-order valence-electron chi connectivity index (χ3n) is 1.34. The highest BCUT2D eigenvalue weighted by molar-refractivity contribution is 5.72. The normalized spacial score (nSPS) is 9.62. The van der Waals surface area contributed by atoms with Crippen LogP contribution in [0.5, 0.6) is 0 Å². The molecular weight excluding hydrogens is 174 g/mol. The molecule has 1 amide bonds. The Balaban J connectivity index is 2.84. The van der Waals surface area contributed by atoms with E-state index < -0.39 is 11.2 Å². The molecule has 0 spiro atoms. The van der Waals surface area contributed by atoms with Gasteiger partial charge in [0.15, 0.2) is 0 Å². The molecule has 0 fully saturated rings. The SMILES string of the molecule is CC(=O)NCc1cc(=O)[nH]c(=O)[nH]1. The zero-order chi connectivity index (χ0) is 9.84. The summed E-state index contributed by atoms with van der Waals surface area (Å²) in [6.45, 7) is 1.50. The first-order valence-corrected chi connectivity index (χ1v) is 3.65. The van der Waals surface area contributed by atoms with Crippen LogP contribution in [0.4, 0.5) is 0 Å². The number of aromatic nitrogens is 2. The Labute approximate surface area is 73.0 Å². The molecule has 1 rings (SSSR count). The number of amides is 1. The molecule has 0 atom stereocenters. The van der Waals surface area contributed by atoms with E-state index in [-0.39, 0.29) is 12.5 Å². The first-order valence-electron chi connectivity index (χ1n) is 3.65. The average Bonchev–Trinajstić information content (AvgIpc) is 1.99. The van der Waals surface area contributed by atoms with E-state index in [1.807, 2.05) is 4.98 Å². The second-order valence-corrected chi connectivity index (χ2v) is 2.52. The summed E-state index contributed by atoms with van der Waals surface area (Å²) >= 11 is 0. The Kier molecular flexibility index (Phi) is 2.63. The second kappa shape index (κ2) is 3.70. The van der Waals surface area contributed by atoms with E-state index in [0.29, 0.717) is 5.69 Å². The largest absolute Gasteiger partial charge is 0.351 e. The minimum absolute atomic E-state index is 0.147. The maximum absolute atomic E-state index is 10.8. The van der Waals surface area contributed by atoms with Crippen molar-refractivity contribution < 1.29 is 4.79 Å². The van der Waals surface area contributed by atoms with Crippen LogP contribution in [0.25, 0.3) is 0 Å². The summed E-state index contributed by atoms with van der Waals surface area (Å²) in [4.78, 5) is 36.4. The molecule has 0 bridgehead atoms. The molecule has 70 valence electrons. The van der Waals surface area contributed by atoms with Gasteiger partial charge in [-0.25, -0.2) is 4.79 Å². The summed E-state index contributed by atoms with van der Waals surface area (Å²) in [7, 11) is 0. The lowest BCUT2D eigenvalue weighted by Gasteiger charge is -1.99. The van der Waals surface area contributed by atoms with Crippen molar-refractivity contribution in [3.63, 3.8) is 0 Å². The van der Waals surface area contributed by atoms with Gasteiger partial charge in [-0.3, -0.25) is 14.6 Å².